The van der Waals surface area contributed by atoms with Crippen LogP contribution >= 0.6 is 11.3 Å². The molecule has 23 heavy (non-hydrogen) atoms. The van der Waals surface area contributed by atoms with Crippen LogP contribution in [0, 0.1) is 6.92 Å². The number of nitrogens with zero attached hydrogens (tertiary/aromatic N) is 2. The normalized spacial score (nSPS) is 18.0. The fourth-order valence-corrected chi connectivity index (χ4v) is 4.01. The van der Waals surface area contributed by atoms with E-state index in [1.807, 2.05) is 36.1 Å². The van der Waals surface area contributed by atoms with Crippen LogP contribution in [0.1, 0.15) is 41.6 Å². The predicted octanol–water partition coefficient (Wildman–Crippen LogP) is 3.76. The second kappa shape index (κ2) is 7.13. The average Bonchev–Trinajstić information content (AvgIpc) is 3.01. The van der Waals surface area contributed by atoms with Gasteiger partial charge in [0.1, 0.15) is 10.8 Å². The number of ether oxygens (including phenoxy) is 1. The molecule has 2 aromatic rings. The highest BCUT2D eigenvalue weighted by atomic mass is 32.1. The Kier molecular flexibility index (Phi) is 4.96. The van der Waals surface area contributed by atoms with E-state index in [0.29, 0.717) is 6.42 Å². The maximum absolute atomic E-state index is 12.8. The smallest absolute Gasteiger partial charge is 0.227 e. The molecule has 0 N–H and O–H groups in total. The number of piperidine rings is 1. The van der Waals surface area contributed by atoms with Crippen LogP contribution in [0.25, 0.3) is 0 Å². The molecule has 0 radical (unpaired) electrons. The number of aromatic nitrogens is 1. The van der Waals surface area contributed by atoms with Crippen LogP contribution in [0.4, 0.5) is 0 Å². The highest BCUT2D eigenvalue weighted by molar-refractivity contribution is 7.09. The zero-order valence-electron chi connectivity index (χ0n) is 13.6. The van der Waals surface area contributed by atoms with Crippen molar-refractivity contribution in [1.29, 1.82) is 0 Å². The zero-order chi connectivity index (χ0) is 16.2. The third-order valence-electron chi connectivity index (χ3n) is 4.23. The van der Waals surface area contributed by atoms with Gasteiger partial charge < -0.3 is 9.64 Å². The average molecular weight is 330 g/mol. The molecule has 122 valence electrons. The fourth-order valence-electron chi connectivity index (χ4n) is 3.07. The molecule has 5 heteroatoms. The Morgan fingerprint density at radius 2 is 2.30 bits per heavy atom. The quantitative estimate of drug-likeness (QED) is 0.857. The molecule has 1 aromatic carbocycles. The number of amides is 1. The van der Waals surface area contributed by atoms with E-state index in [0.717, 1.165) is 47.8 Å². The minimum atomic E-state index is 0.139. The Hall–Kier alpha value is -1.88. The first-order chi connectivity index (χ1) is 11.2. The molecular weight excluding hydrogens is 308 g/mol. The molecule has 0 unspecified atom stereocenters. The van der Waals surface area contributed by atoms with Crippen LogP contribution in [0.2, 0.25) is 0 Å². The molecule has 1 aromatic heterocycles. The summed E-state index contributed by atoms with van der Waals surface area (Å²) in [4.78, 5) is 19.4. The summed E-state index contributed by atoms with van der Waals surface area (Å²) in [6, 6.07) is 7.88. The van der Waals surface area contributed by atoms with Crippen LogP contribution in [0.5, 0.6) is 5.75 Å². The maximum atomic E-state index is 12.8. The SMILES string of the molecule is COc1cccc(CC(=O)N2CCCC[C@H]2c2nc(C)cs2)c1. The van der Waals surface area contributed by atoms with E-state index in [4.69, 9.17) is 4.74 Å². The number of carbonyl (C=O) groups excluding carboxylic acids is 1. The largest absolute Gasteiger partial charge is 0.497 e. The van der Waals surface area contributed by atoms with Crippen LogP contribution < -0.4 is 4.74 Å². The molecule has 1 aliphatic heterocycles. The fraction of sp³-hybridized carbons (Fsp3) is 0.444. The van der Waals surface area contributed by atoms with E-state index in [2.05, 4.69) is 10.4 Å². The molecular formula is C18H22N2O2S. The summed E-state index contributed by atoms with van der Waals surface area (Å²) < 4.78 is 5.24. The van der Waals surface area contributed by atoms with E-state index in [1.165, 1.54) is 0 Å². The van der Waals surface area contributed by atoms with Crippen molar-refractivity contribution in [3.05, 3.63) is 45.9 Å². The Labute approximate surface area is 141 Å². The van der Waals surface area contributed by atoms with E-state index in [1.54, 1.807) is 18.4 Å². The number of aryl methyl sites for hydroxylation is 1. The maximum Gasteiger partial charge on any atom is 0.227 e. The monoisotopic (exact) mass is 330 g/mol. The van der Waals surface area contributed by atoms with Crippen molar-refractivity contribution in [2.45, 2.75) is 38.6 Å². The number of thiazole rings is 1. The van der Waals surface area contributed by atoms with Crippen LogP contribution in [0.15, 0.2) is 29.6 Å². The van der Waals surface area contributed by atoms with Gasteiger partial charge >= 0.3 is 0 Å². The summed E-state index contributed by atoms with van der Waals surface area (Å²) in [5.74, 6) is 0.969. The Bertz CT molecular complexity index is 683. The van der Waals surface area contributed by atoms with Gasteiger partial charge in [-0.1, -0.05) is 12.1 Å². The Morgan fingerprint density at radius 1 is 1.43 bits per heavy atom. The summed E-state index contributed by atoms with van der Waals surface area (Å²) >= 11 is 1.66. The first kappa shape index (κ1) is 16.0. The summed E-state index contributed by atoms with van der Waals surface area (Å²) in [6.45, 7) is 2.83. The van der Waals surface area contributed by atoms with Gasteiger partial charge in [0.15, 0.2) is 0 Å². The summed E-state index contributed by atoms with van der Waals surface area (Å²) in [7, 11) is 1.65. The molecule has 1 atom stereocenters. The second-order valence-corrected chi connectivity index (χ2v) is 6.84. The van der Waals surface area contributed by atoms with Gasteiger partial charge in [-0.15, -0.1) is 11.3 Å². The van der Waals surface area contributed by atoms with Gasteiger partial charge in [-0.2, -0.15) is 0 Å². The molecule has 3 rings (SSSR count). The highest BCUT2D eigenvalue weighted by Crippen LogP contribution is 2.33. The highest BCUT2D eigenvalue weighted by Gasteiger charge is 2.29. The third-order valence-corrected chi connectivity index (χ3v) is 5.30. The summed E-state index contributed by atoms with van der Waals surface area (Å²) in [6.07, 6.45) is 3.66. The summed E-state index contributed by atoms with van der Waals surface area (Å²) in [5.41, 5.74) is 2.03. The molecule has 1 amide bonds. The molecule has 0 saturated carbocycles. The topological polar surface area (TPSA) is 42.4 Å². The lowest BCUT2D eigenvalue weighted by Crippen LogP contribution is -2.39. The Balaban J connectivity index is 1.75. The van der Waals surface area contributed by atoms with Gasteiger partial charge in [-0.05, 0) is 43.9 Å². The number of rotatable bonds is 4. The Morgan fingerprint density at radius 3 is 3.04 bits per heavy atom. The number of methoxy groups -OCH3 is 1. The first-order valence-corrected chi connectivity index (χ1v) is 8.90. The predicted molar refractivity (Wildman–Crippen MR) is 91.9 cm³/mol. The molecule has 0 aliphatic carbocycles. The van der Waals surface area contributed by atoms with Gasteiger partial charge in [0.25, 0.3) is 0 Å². The lowest BCUT2D eigenvalue weighted by atomic mass is 10.0. The molecule has 1 aliphatic rings. The van der Waals surface area contributed by atoms with Gasteiger partial charge in [-0.25, -0.2) is 4.98 Å². The number of carbonyl (C=O) groups is 1. The molecule has 0 bridgehead atoms. The van der Waals surface area contributed by atoms with Crippen LogP contribution in [0.3, 0.4) is 0 Å². The molecule has 4 nitrogen and oxygen atoms in total. The number of likely N-dealkylation sites (tertiary alicyclic amines) is 1. The van der Waals surface area contributed by atoms with Crippen LogP contribution in [-0.4, -0.2) is 29.4 Å². The van der Waals surface area contributed by atoms with E-state index in [-0.39, 0.29) is 11.9 Å². The lowest BCUT2D eigenvalue weighted by Gasteiger charge is -2.34. The standard InChI is InChI=1S/C18H22N2O2S/c1-13-12-23-18(19-13)16-8-3-4-9-20(16)17(21)11-14-6-5-7-15(10-14)22-2/h5-7,10,12,16H,3-4,8-9,11H2,1-2H3/t16-/m0/s1. The lowest BCUT2D eigenvalue weighted by molar-refractivity contribution is -0.134. The number of hydrogen-bond donors (Lipinski definition) is 0. The van der Waals surface area contributed by atoms with Gasteiger partial charge in [-0.3, -0.25) is 4.79 Å². The summed E-state index contributed by atoms with van der Waals surface area (Å²) in [5, 5.41) is 3.13. The third kappa shape index (κ3) is 3.72. The first-order valence-electron chi connectivity index (χ1n) is 8.02. The molecule has 1 fully saturated rings. The second-order valence-electron chi connectivity index (χ2n) is 5.95. The molecule has 0 spiro atoms. The zero-order valence-corrected chi connectivity index (χ0v) is 14.4. The molecule has 2 heterocycles. The molecule has 1 saturated heterocycles. The van der Waals surface area contributed by atoms with Crippen molar-refractivity contribution in [3.8, 4) is 5.75 Å². The van der Waals surface area contributed by atoms with Gasteiger partial charge in [0.2, 0.25) is 5.91 Å². The van der Waals surface area contributed by atoms with E-state index in [9.17, 15) is 4.79 Å². The van der Waals surface area contributed by atoms with E-state index < -0.39 is 0 Å². The number of hydrogen-bond acceptors (Lipinski definition) is 4. The number of benzene rings is 1. The van der Waals surface area contributed by atoms with Gasteiger partial charge in [0, 0.05) is 17.6 Å². The van der Waals surface area contributed by atoms with Gasteiger partial charge in [0.05, 0.1) is 19.6 Å². The van der Waals surface area contributed by atoms with Crippen molar-refractivity contribution in [2.24, 2.45) is 0 Å². The van der Waals surface area contributed by atoms with Crippen LogP contribution in [-0.2, 0) is 11.2 Å². The minimum Gasteiger partial charge on any atom is -0.497 e. The van der Waals surface area contributed by atoms with Crippen molar-refractivity contribution >= 4 is 17.2 Å². The van der Waals surface area contributed by atoms with E-state index >= 15 is 0 Å². The van der Waals surface area contributed by atoms with Crippen molar-refractivity contribution < 1.29 is 9.53 Å². The van der Waals surface area contributed by atoms with Crippen molar-refractivity contribution in [1.82, 2.24) is 9.88 Å². The minimum absolute atomic E-state index is 0.139. The van der Waals surface area contributed by atoms with Crippen molar-refractivity contribution in [3.63, 3.8) is 0 Å². The van der Waals surface area contributed by atoms with Crippen molar-refractivity contribution in [2.75, 3.05) is 13.7 Å².